The molecule has 6 heteroatoms. The van der Waals surface area contributed by atoms with E-state index in [0.717, 1.165) is 31.6 Å². The molecule has 1 aliphatic rings. The average Bonchev–Trinajstić information content (AvgIpc) is 3.06. The molecule has 2 N–H and O–H groups in total. The Bertz CT molecular complexity index is 1010. The summed E-state index contributed by atoms with van der Waals surface area (Å²) in [7, 11) is 3.46. The number of fused-ring (bicyclic) bond motifs is 3. The minimum absolute atomic E-state index is 0.264. The summed E-state index contributed by atoms with van der Waals surface area (Å²) in [4.78, 5) is 16.7. The third kappa shape index (κ3) is 3.17. The lowest BCUT2D eigenvalue weighted by atomic mass is 10.1. The molecule has 0 spiro atoms. The molecule has 3 aromatic rings. The highest BCUT2D eigenvalue weighted by molar-refractivity contribution is 6.11. The molecule has 0 saturated carbocycles. The minimum Gasteiger partial charge on any atom is -0.381 e. The molecule has 4 rings (SSSR count). The Balaban J connectivity index is 1.88. The molecular weight excluding hydrogens is 340 g/mol. The smallest absolute Gasteiger partial charge is 0.280 e. The van der Waals surface area contributed by atoms with Gasteiger partial charge in [-0.15, -0.1) is 0 Å². The van der Waals surface area contributed by atoms with Crippen molar-refractivity contribution in [1.82, 2.24) is 15.2 Å². The maximum Gasteiger partial charge on any atom is 0.280 e. The Labute approximate surface area is 158 Å². The molecule has 6 nitrogen and oxygen atoms in total. The standard InChI is InChI=1S/C21H24N4O2/c1-22-21(23-2)24-20(26)14-7-8-17-16-5-3-4-6-18(16)25(19(17)13-14)15-9-11-27-12-10-15/h3-8,13,15H,9-12H2,1-2H3,(H2,22,23,24,26). The highest BCUT2D eigenvalue weighted by Crippen LogP contribution is 2.35. The van der Waals surface area contributed by atoms with Crippen LogP contribution in [0.2, 0.25) is 0 Å². The van der Waals surface area contributed by atoms with Crippen LogP contribution < -0.4 is 10.6 Å². The van der Waals surface area contributed by atoms with Gasteiger partial charge in [-0.25, -0.2) is 0 Å². The number of rotatable bonds is 2. The van der Waals surface area contributed by atoms with Gasteiger partial charge in [0.2, 0.25) is 0 Å². The quantitative estimate of drug-likeness (QED) is 0.542. The van der Waals surface area contributed by atoms with Gasteiger partial charge in [-0.2, -0.15) is 4.99 Å². The van der Waals surface area contributed by atoms with Crippen molar-refractivity contribution < 1.29 is 9.53 Å². The van der Waals surface area contributed by atoms with Gasteiger partial charge >= 0.3 is 0 Å². The van der Waals surface area contributed by atoms with E-state index in [0.29, 0.717) is 17.6 Å². The normalized spacial score (nSPS) is 15.0. The molecule has 1 saturated heterocycles. The van der Waals surface area contributed by atoms with Crippen molar-refractivity contribution in [3.63, 3.8) is 0 Å². The number of aromatic nitrogens is 1. The van der Waals surface area contributed by atoms with Gasteiger partial charge in [-0.05, 0) is 31.0 Å². The van der Waals surface area contributed by atoms with Crippen molar-refractivity contribution in [3.8, 4) is 0 Å². The Kier molecular flexibility index (Phi) is 4.81. The first-order valence-corrected chi connectivity index (χ1v) is 9.32. The number of para-hydroxylation sites is 1. The van der Waals surface area contributed by atoms with Crippen LogP contribution in [0.3, 0.4) is 0 Å². The predicted molar refractivity (Wildman–Crippen MR) is 108 cm³/mol. The first kappa shape index (κ1) is 17.5. The number of hydrogen-bond acceptors (Lipinski definition) is 2. The van der Waals surface area contributed by atoms with Gasteiger partial charge < -0.3 is 19.9 Å². The van der Waals surface area contributed by atoms with Gasteiger partial charge in [0, 0.05) is 55.2 Å². The Morgan fingerprint density at radius 1 is 1.04 bits per heavy atom. The molecule has 2 heterocycles. The Morgan fingerprint density at radius 2 is 1.74 bits per heavy atom. The third-order valence-corrected chi connectivity index (χ3v) is 5.20. The number of guanidine groups is 1. The Hall–Kier alpha value is -2.86. The van der Waals surface area contributed by atoms with Gasteiger partial charge in [-0.3, -0.25) is 4.79 Å². The second-order valence-electron chi connectivity index (χ2n) is 6.73. The number of nitrogens with zero attached hydrogens (tertiary/aromatic N) is 2. The third-order valence-electron chi connectivity index (χ3n) is 5.20. The molecule has 0 atom stereocenters. The fourth-order valence-electron chi connectivity index (χ4n) is 3.87. The van der Waals surface area contributed by atoms with E-state index in [4.69, 9.17) is 4.74 Å². The minimum atomic E-state index is -0.264. The predicted octanol–water partition coefficient (Wildman–Crippen LogP) is 3.08. The van der Waals surface area contributed by atoms with Gasteiger partial charge in [0.05, 0.1) is 5.52 Å². The zero-order chi connectivity index (χ0) is 18.8. The lowest BCUT2D eigenvalue weighted by molar-refractivity contribution is 0.0717. The summed E-state index contributed by atoms with van der Waals surface area (Å²) in [5, 5.41) is 8.13. The topological polar surface area (TPSA) is 67.7 Å². The molecule has 2 aromatic carbocycles. The van der Waals surface area contributed by atoms with Crippen molar-refractivity contribution in [1.29, 1.82) is 0 Å². The molecule has 0 aliphatic carbocycles. The van der Waals surface area contributed by atoms with Crippen molar-refractivity contribution in [2.45, 2.75) is 18.9 Å². The van der Waals surface area contributed by atoms with Crippen molar-refractivity contribution >= 4 is 33.7 Å². The highest BCUT2D eigenvalue weighted by atomic mass is 16.5. The van der Waals surface area contributed by atoms with E-state index in [-0.39, 0.29) is 5.91 Å². The first-order chi connectivity index (χ1) is 13.2. The van der Waals surface area contributed by atoms with Gasteiger partial charge in [0.25, 0.3) is 5.91 Å². The molecule has 27 heavy (non-hydrogen) atoms. The number of hydrogen-bond donors (Lipinski definition) is 2. The number of carbonyl (C=O) groups is 1. The average molecular weight is 364 g/mol. The summed E-state index contributed by atoms with van der Waals surface area (Å²) >= 11 is 0. The van der Waals surface area contributed by atoms with Gasteiger partial charge in [0.1, 0.15) is 0 Å². The summed E-state index contributed by atoms with van der Waals surface area (Å²) in [6.07, 6.45) is 1.96. The number of ether oxygens (including phenoxy) is 1. The molecule has 1 fully saturated rings. The van der Waals surface area contributed by atoms with Crippen LogP contribution in [-0.2, 0) is 4.74 Å². The van der Waals surface area contributed by atoms with E-state index in [1.165, 1.54) is 16.3 Å². The van der Waals surface area contributed by atoms with E-state index < -0.39 is 0 Å². The van der Waals surface area contributed by atoms with Crippen LogP contribution in [0, 0.1) is 0 Å². The molecule has 0 unspecified atom stereocenters. The second-order valence-corrected chi connectivity index (χ2v) is 6.73. The lowest BCUT2D eigenvalue weighted by Crippen LogP contribution is -2.32. The van der Waals surface area contributed by atoms with Crippen LogP contribution in [0.1, 0.15) is 29.2 Å². The number of amides is 1. The molecule has 0 bridgehead atoms. The van der Waals surface area contributed by atoms with E-state index in [1.807, 2.05) is 18.2 Å². The molecule has 1 aliphatic heterocycles. The summed E-state index contributed by atoms with van der Waals surface area (Å²) in [5.41, 5.74) is 2.87. The van der Waals surface area contributed by atoms with Gasteiger partial charge in [0.15, 0.2) is 5.96 Å². The first-order valence-electron chi connectivity index (χ1n) is 9.32. The SMILES string of the molecule is CNC(=NC(=O)c1ccc2c3ccccc3n(C3CCOCC3)c2c1)NC. The van der Waals surface area contributed by atoms with Crippen LogP contribution in [-0.4, -0.2) is 43.7 Å². The number of aliphatic imine (C=N–C) groups is 1. The zero-order valence-corrected chi connectivity index (χ0v) is 15.7. The highest BCUT2D eigenvalue weighted by Gasteiger charge is 2.21. The fourth-order valence-corrected chi connectivity index (χ4v) is 3.87. The lowest BCUT2D eigenvalue weighted by Gasteiger charge is -2.25. The van der Waals surface area contributed by atoms with Crippen molar-refractivity contribution in [2.75, 3.05) is 27.3 Å². The second kappa shape index (κ2) is 7.40. The van der Waals surface area contributed by atoms with E-state index in [9.17, 15) is 4.79 Å². The summed E-state index contributed by atoms with van der Waals surface area (Å²) in [6, 6.07) is 14.7. The van der Waals surface area contributed by atoms with Crippen LogP contribution >= 0.6 is 0 Å². The molecule has 140 valence electrons. The molecule has 1 aromatic heterocycles. The van der Waals surface area contributed by atoms with Crippen molar-refractivity contribution in [2.24, 2.45) is 4.99 Å². The molecule has 1 amide bonds. The Morgan fingerprint density at radius 3 is 2.48 bits per heavy atom. The van der Waals surface area contributed by atoms with Gasteiger partial charge in [-0.1, -0.05) is 24.3 Å². The van der Waals surface area contributed by atoms with E-state index in [2.05, 4.69) is 44.5 Å². The van der Waals surface area contributed by atoms with Crippen LogP contribution in [0.25, 0.3) is 21.8 Å². The molecule has 0 radical (unpaired) electrons. The summed E-state index contributed by atoms with van der Waals surface area (Å²) < 4.78 is 7.93. The maximum atomic E-state index is 12.6. The zero-order valence-electron chi connectivity index (χ0n) is 15.7. The van der Waals surface area contributed by atoms with Crippen LogP contribution in [0.5, 0.6) is 0 Å². The molecular formula is C21H24N4O2. The van der Waals surface area contributed by atoms with Crippen LogP contribution in [0.15, 0.2) is 47.5 Å². The van der Waals surface area contributed by atoms with E-state index >= 15 is 0 Å². The summed E-state index contributed by atoms with van der Waals surface area (Å²) in [5.74, 6) is 0.185. The summed E-state index contributed by atoms with van der Waals surface area (Å²) in [6.45, 7) is 1.55. The van der Waals surface area contributed by atoms with Crippen molar-refractivity contribution in [3.05, 3.63) is 48.0 Å². The number of carbonyl (C=O) groups excluding carboxylic acids is 1. The van der Waals surface area contributed by atoms with E-state index in [1.54, 1.807) is 14.1 Å². The monoisotopic (exact) mass is 364 g/mol. The largest absolute Gasteiger partial charge is 0.381 e. The van der Waals surface area contributed by atoms with Crippen LogP contribution in [0.4, 0.5) is 0 Å². The fraction of sp³-hybridized carbons (Fsp3) is 0.333. The maximum absolute atomic E-state index is 12.6. The number of nitrogens with one attached hydrogen (secondary N) is 2. The number of benzene rings is 2.